The largest absolute Gasteiger partial charge is 0.497 e. The summed E-state index contributed by atoms with van der Waals surface area (Å²) < 4.78 is 21.6. The predicted molar refractivity (Wildman–Crippen MR) is 546 cm³/mol. The SMILES string of the molecule is COc1cc(Cl)cc(C(=O)Nc2ccc(Cl)cc2)c1CC(=O)c1ccc(C(=N)N2CCC2)cc1.COc1cc(Cl)cc(C(=O)Nc2ccc(Cl)cc2)c1CC(=O)c1ccc(C(=N)N2CCCC2)cc1.COc1cc(Cl)cc(C(=O)Nc2ccc(Cl)cc2)c1CC(=O)c1ccc(C(=N)N2CCCCC2)cc1.COc1ccc(CC(=O)c2ccc(C(=N)N(C)C)cc2)c(C(=O)Nc2ccc(Cl)cc2)c1. The van der Waals surface area contributed by atoms with Crippen molar-refractivity contribution in [3.8, 4) is 23.0 Å². The van der Waals surface area contributed by atoms with Crippen molar-refractivity contribution in [1.29, 1.82) is 21.6 Å². The number of ether oxygens (including phenoxy) is 4. The van der Waals surface area contributed by atoms with Crippen LogP contribution in [0.3, 0.4) is 0 Å². The van der Waals surface area contributed by atoms with Crippen LogP contribution >= 0.6 is 81.2 Å². The monoisotopic (exact) mass is 1980 g/mol. The van der Waals surface area contributed by atoms with Gasteiger partial charge >= 0.3 is 0 Å². The van der Waals surface area contributed by atoms with Gasteiger partial charge in [-0.25, -0.2) is 0 Å². The van der Waals surface area contributed by atoms with E-state index < -0.39 is 17.7 Å². The Morgan fingerprint density at radius 1 is 0.285 bits per heavy atom. The number of anilines is 4. The lowest BCUT2D eigenvalue weighted by Gasteiger charge is -2.33. The highest BCUT2D eigenvalue weighted by Gasteiger charge is 2.29. The van der Waals surface area contributed by atoms with Crippen LogP contribution in [0.4, 0.5) is 22.7 Å². The fourth-order valence-corrected chi connectivity index (χ4v) is 16.4. The van der Waals surface area contributed by atoms with Gasteiger partial charge in [-0.05, 0) is 190 Å². The molecule has 31 heteroatoms. The molecule has 12 aromatic carbocycles. The number of nitrogens with zero attached hydrogens (tertiary/aromatic N) is 4. The van der Waals surface area contributed by atoms with Gasteiger partial charge in [0.05, 0.1) is 28.4 Å². The van der Waals surface area contributed by atoms with E-state index in [1.165, 1.54) is 53.1 Å². The molecule has 12 aromatic rings. The number of benzene rings is 12. The van der Waals surface area contributed by atoms with E-state index in [-0.39, 0.29) is 71.4 Å². The van der Waals surface area contributed by atoms with Gasteiger partial charge in [-0.2, -0.15) is 0 Å². The Labute approximate surface area is 829 Å². The van der Waals surface area contributed by atoms with Gasteiger partial charge in [0, 0.05) is 220 Å². The van der Waals surface area contributed by atoms with Crippen LogP contribution in [0.25, 0.3) is 0 Å². The van der Waals surface area contributed by atoms with Crippen molar-refractivity contribution in [2.75, 3.05) is 103 Å². The van der Waals surface area contributed by atoms with Crippen molar-refractivity contribution in [2.24, 2.45) is 0 Å². The van der Waals surface area contributed by atoms with E-state index in [1.54, 1.807) is 250 Å². The number of amidine groups is 4. The maximum atomic E-state index is 13.2. The molecule has 0 aliphatic carbocycles. The number of carbonyl (C=O) groups excluding carboxylic acids is 8. The molecule has 24 nitrogen and oxygen atoms in total. The van der Waals surface area contributed by atoms with E-state index in [9.17, 15) is 38.4 Å². The topological polar surface area (TPSA) is 330 Å². The number of piperidine rings is 1. The number of likely N-dealkylation sites (tertiary alicyclic amines) is 3. The van der Waals surface area contributed by atoms with Crippen molar-refractivity contribution in [3.63, 3.8) is 0 Å². The summed E-state index contributed by atoms with van der Waals surface area (Å²) in [6, 6.07) is 69.3. The normalized spacial score (nSPS) is 12.3. The van der Waals surface area contributed by atoms with Crippen molar-refractivity contribution in [1.82, 2.24) is 19.6 Å². The van der Waals surface area contributed by atoms with Gasteiger partial charge in [0.1, 0.15) is 46.3 Å². The number of rotatable bonds is 28. The summed E-state index contributed by atoms with van der Waals surface area (Å²) in [6.45, 7) is 5.31. The summed E-state index contributed by atoms with van der Waals surface area (Å²) in [7, 11) is 9.52. The summed E-state index contributed by atoms with van der Waals surface area (Å²) in [5.41, 5.74) is 10.4. The number of Topliss-reactive ketones (excluding diaryl/α,β-unsaturated/α-hetero) is 4. The Kier molecular flexibility index (Phi) is 36.3. The maximum Gasteiger partial charge on any atom is 0.256 e. The summed E-state index contributed by atoms with van der Waals surface area (Å²) >= 11 is 42.4. The second-order valence-electron chi connectivity index (χ2n) is 32.4. The molecule has 0 saturated carbocycles. The Morgan fingerprint density at radius 3 is 0.803 bits per heavy atom. The average Bonchev–Trinajstić information content (AvgIpc) is 0.948. The minimum Gasteiger partial charge on any atom is -0.497 e. The molecule has 3 aliphatic rings. The highest BCUT2D eigenvalue weighted by Crippen LogP contribution is 2.36. The minimum atomic E-state index is -0.413. The molecular weight excluding hydrogens is 1880 g/mol. The van der Waals surface area contributed by atoms with Gasteiger partial charge in [-0.1, -0.05) is 184 Å². The molecule has 0 unspecified atom stereocenters. The summed E-state index contributed by atoms with van der Waals surface area (Å²) in [4.78, 5) is 112. The molecule has 137 heavy (non-hydrogen) atoms. The van der Waals surface area contributed by atoms with Crippen molar-refractivity contribution >= 4 is 174 Å². The van der Waals surface area contributed by atoms with E-state index in [4.69, 9.17) is 122 Å². The molecule has 3 heterocycles. The fraction of sp³-hybridized carbons (Fsp3) is 0.208. The summed E-state index contributed by atoms with van der Waals surface area (Å²) in [5, 5.41) is 47.7. The number of carbonyl (C=O) groups is 8. The van der Waals surface area contributed by atoms with Gasteiger partial charge in [0.25, 0.3) is 23.6 Å². The Balaban J connectivity index is 0.000000164. The van der Waals surface area contributed by atoms with Crippen LogP contribution in [0, 0.1) is 21.6 Å². The van der Waals surface area contributed by atoms with Crippen LogP contribution in [0.15, 0.2) is 249 Å². The molecule has 3 aliphatic heterocycles. The van der Waals surface area contributed by atoms with Crippen LogP contribution in [0.1, 0.15) is 166 Å². The second kappa shape index (κ2) is 48.7. The average molecular weight is 1980 g/mol. The van der Waals surface area contributed by atoms with Crippen LogP contribution in [0.5, 0.6) is 23.0 Å². The third kappa shape index (κ3) is 27.8. The standard InChI is InChI=1S/C28H27Cl2N3O3.C27H25Cl2N3O3.C26H23Cl2N3O3.C25H24ClN3O3/c1-36-26-16-21(30)15-24(28(35)32-22-11-9-20(29)10-12-22)23(26)17-25(34)18-5-7-19(8-6-18)27(31)33-13-3-2-4-14-33;1-35-25-15-20(29)14-23(27(34)31-21-10-8-19(28)9-11-21)22(25)16-24(33)17-4-6-18(7-5-17)26(30)32-12-2-3-13-32;1-34-24-14-19(28)13-22(26(33)30-20-9-7-18(27)8-10-20)21(24)15-23(32)16-3-5-17(6-4-16)25(29)31-11-2-12-31;1-29(2)24(27)17-6-4-16(5-7-17)23(30)14-18-8-13-21(32-3)15-22(18)25(31)28-20-11-9-19(26)10-12-20/h5-12,15-16,31H,2-4,13-14,17H2,1H3,(H,32,35);4-11,14-15,30H,2-3,12-13,16H2,1H3,(H,31,34);3-10,13-14,29H,2,11-12,15H2,1H3,(H,30,33);4-13,15,27H,14H2,1-3H3,(H,28,31). The van der Waals surface area contributed by atoms with E-state index in [2.05, 4.69) is 26.2 Å². The van der Waals surface area contributed by atoms with Gasteiger partial charge in [-0.15, -0.1) is 0 Å². The molecule has 0 bridgehead atoms. The molecule has 0 atom stereocenters. The van der Waals surface area contributed by atoms with Crippen LogP contribution < -0.4 is 40.2 Å². The van der Waals surface area contributed by atoms with Crippen LogP contribution in [-0.4, -0.2) is 172 Å². The van der Waals surface area contributed by atoms with Crippen LogP contribution in [-0.2, 0) is 25.7 Å². The van der Waals surface area contributed by atoms with Gasteiger partial charge in [-0.3, -0.25) is 60.0 Å². The highest BCUT2D eigenvalue weighted by atomic mass is 35.5. The first-order valence-corrected chi connectivity index (χ1v) is 46.3. The molecular formula is C106H99Cl7N12O12. The molecule has 0 radical (unpaired) electrons. The smallest absolute Gasteiger partial charge is 0.256 e. The van der Waals surface area contributed by atoms with Gasteiger partial charge < -0.3 is 59.8 Å². The molecule has 4 amide bonds. The minimum absolute atomic E-state index is 0.0490. The second-order valence-corrected chi connectivity index (χ2v) is 35.4. The predicted octanol–water partition coefficient (Wildman–Crippen LogP) is 23.2. The lowest BCUT2D eigenvalue weighted by Crippen LogP contribution is -2.42. The molecule has 0 spiro atoms. The lowest BCUT2D eigenvalue weighted by atomic mass is 9.96. The molecule has 15 rings (SSSR count). The third-order valence-corrected chi connectivity index (χ3v) is 24.5. The van der Waals surface area contributed by atoms with E-state index in [0.717, 1.165) is 93.6 Å². The molecule has 8 N–H and O–H groups in total. The van der Waals surface area contributed by atoms with Crippen molar-refractivity contribution < 1.29 is 57.3 Å². The summed E-state index contributed by atoms with van der Waals surface area (Å²) in [6.07, 6.45) is 6.57. The van der Waals surface area contributed by atoms with E-state index in [1.807, 2.05) is 9.80 Å². The lowest BCUT2D eigenvalue weighted by molar-refractivity contribution is 0.0979. The number of amides is 4. The Bertz CT molecular complexity index is 6460. The van der Waals surface area contributed by atoms with Gasteiger partial charge in [0.2, 0.25) is 0 Å². The number of nitrogens with one attached hydrogen (secondary N) is 8. The highest BCUT2D eigenvalue weighted by molar-refractivity contribution is 6.34. The number of hydrogen-bond donors (Lipinski definition) is 8. The first-order valence-electron chi connectivity index (χ1n) is 43.7. The zero-order valence-corrected chi connectivity index (χ0v) is 81.1. The number of methoxy groups -OCH3 is 4. The van der Waals surface area contributed by atoms with Crippen molar-refractivity contribution in [3.05, 3.63) is 373 Å². The maximum absolute atomic E-state index is 13.2. The molecule has 0 aromatic heterocycles. The Hall–Kier alpha value is -13.7. The zero-order valence-electron chi connectivity index (χ0n) is 75.8. The van der Waals surface area contributed by atoms with E-state index in [0.29, 0.717) is 154 Å². The number of ketones is 4. The van der Waals surface area contributed by atoms with Crippen molar-refractivity contribution in [2.45, 2.75) is 64.2 Å². The molecule has 3 saturated heterocycles. The zero-order chi connectivity index (χ0) is 98.1. The summed E-state index contributed by atoms with van der Waals surface area (Å²) in [5.74, 6) is 1.15. The van der Waals surface area contributed by atoms with Gasteiger partial charge in [0.15, 0.2) is 23.1 Å². The number of hydrogen-bond acceptors (Lipinski definition) is 16. The third-order valence-electron chi connectivity index (χ3n) is 22.9. The number of halogens is 7. The van der Waals surface area contributed by atoms with Crippen LogP contribution in [0.2, 0.25) is 35.2 Å². The first kappa shape index (κ1) is 102. The fourth-order valence-electron chi connectivity index (χ4n) is 15.2. The first-order chi connectivity index (χ1) is 65.8. The van der Waals surface area contributed by atoms with E-state index >= 15 is 0 Å². The molecule has 3 fully saturated rings. The quantitative estimate of drug-likeness (QED) is 0.0128. The molecule has 704 valence electrons. The Morgan fingerprint density at radius 2 is 0.540 bits per heavy atom.